The van der Waals surface area contributed by atoms with E-state index in [4.69, 9.17) is 0 Å². The minimum Gasteiger partial charge on any atom is -0.477 e. The Balaban J connectivity index is 1.91. The third-order valence-corrected chi connectivity index (χ3v) is 5.41. The quantitative estimate of drug-likeness (QED) is 0.911. The number of piperazine rings is 1. The Bertz CT molecular complexity index is 951. The highest BCUT2D eigenvalue weighted by Gasteiger charge is 2.29. The zero-order valence-electron chi connectivity index (χ0n) is 14.9. The number of nitrogens with zero attached hydrogens (tertiary/aromatic N) is 3. The standard InChI is InChI=1S/C19H22FN3O3/c1-11-9-21(2)5-6-22(11)17-8-16-13(7-15(17)20)18(24)14(19(25)26)10-23(16)12-3-4-12/h7-8,10-12H,3-6,9H2,1-2H3,(H,25,26). The van der Waals surface area contributed by atoms with E-state index in [-0.39, 0.29) is 23.0 Å². The maximum atomic E-state index is 14.9. The van der Waals surface area contributed by atoms with E-state index in [1.54, 1.807) is 6.07 Å². The second kappa shape index (κ2) is 6.09. The van der Waals surface area contributed by atoms with Gasteiger partial charge in [-0.15, -0.1) is 0 Å². The zero-order valence-corrected chi connectivity index (χ0v) is 14.9. The fourth-order valence-corrected chi connectivity index (χ4v) is 3.88. The van der Waals surface area contributed by atoms with Crippen LogP contribution in [-0.2, 0) is 0 Å². The van der Waals surface area contributed by atoms with E-state index in [1.165, 1.54) is 12.3 Å². The normalized spacial score (nSPS) is 21.3. The molecule has 0 bridgehead atoms. The summed E-state index contributed by atoms with van der Waals surface area (Å²) in [6.45, 7) is 4.45. The average Bonchev–Trinajstić information content (AvgIpc) is 3.40. The predicted molar refractivity (Wildman–Crippen MR) is 97.7 cm³/mol. The molecule has 1 N–H and O–H groups in total. The molecule has 1 unspecified atom stereocenters. The van der Waals surface area contributed by atoms with E-state index in [0.717, 1.165) is 25.9 Å². The van der Waals surface area contributed by atoms with Crippen LogP contribution < -0.4 is 10.3 Å². The van der Waals surface area contributed by atoms with Crippen LogP contribution in [0.2, 0.25) is 0 Å². The highest BCUT2D eigenvalue weighted by Crippen LogP contribution is 2.38. The molecule has 0 radical (unpaired) electrons. The predicted octanol–water partition coefficient (Wildman–Crippen LogP) is 2.31. The SMILES string of the molecule is CC1CN(C)CCN1c1cc2c(cc1F)c(=O)c(C(=O)O)cn2C1CC1. The van der Waals surface area contributed by atoms with Crippen LogP contribution >= 0.6 is 0 Å². The van der Waals surface area contributed by atoms with Gasteiger partial charge < -0.3 is 19.5 Å². The van der Waals surface area contributed by atoms with E-state index in [1.807, 2.05) is 16.5 Å². The Kier molecular flexibility index (Phi) is 3.99. The lowest BCUT2D eigenvalue weighted by atomic mass is 10.1. The van der Waals surface area contributed by atoms with Crippen molar-refractivity contribution >= 4 is 22.6 Å². The highest BCUT2D eigenvalue weighted by molar-refractivity contribution is 5.93. The van der Waals surface area contributed by atoms with Crippen LogP contribution in [0.1, 0.15) is 36.2 Å². The lowest BCUT2D eigenvalue weighted by Crippen LogP contribution is -2.50. The van der Waals surface area contributed by atoms with Gasteiger partial charge in [0.2, 0.25) is 5.43 Å². The molecule has 26 heavy (non-hydrogen) atoms. The van der Waals surface area contributed by atoms with Gasteiger partial charge in [-0.3, -0.25) is 4.79 Å². The molecule has 2 aliphatic rings. The van der Waals surface area contributed by atoms with Crippen molar-refractivity contribution in [2.45, 2.75) is 31.8 Å². The fourth-order valence-electron chi connectivity index (χ4n) is 3.88. The van der Waals surface area contributed by atoms with Crippen LogP contribution in [0.4, 0.5) is 10.1 Å². The Morgan fingerprint density at radius 2 is 2.00 bits per heavy atom. The van der Waals surface area contributed by atoms with Gasteiger partial charge >= 0.3 is 5.97 Å². The van der Waals surface area contributed by atoms with Crippen LogP contribution in [0.25, 0.3) is 10.9 Å². The van der Waals surface area contributed by atoms with Crippen molar-refractivity contribution in [3.8, 4) is 0 Å². The van der Waals surface area contributed by atoms with Crippen molar-refractivity contribution in [2.24, 2.45) is 0 Å². The largest absolute Gasteiger partial charge is 0.477 e. The van der Waals surface area contributed by atoms with Gasteiger partial charge in [-0.25, -0.2) is 9.18 Å². The van der Waals surface area contributed by atoms with Gasteiger partial charge in [0, 0.05) is 43.3 Å². The molecule has 1 aliphatic carbocycles. The molecule has 2 fully saturated rings. The number of carboxylic acid groups (broad SMARTS) is 1. The molecule has 6 nitrogen and oxygen atoms in total. The van der Waals surface area contributed by atoms with Crippen molar-refractivity contribution in [1.82, 2.24) is 9.47 Å². The number of hydrogen-bond donors (Lipinski definition) is 1. The number of pyridine rings is 1. The molecular formula is C19H22FN3O3. The summed E-state index contributed by atoms with van der Waals surface area (Å²) in [5.74, 6) is -1.75. The molecule has 4 rings (SSSR count). The third-order valence-electron chi connectivity index (χ3n) is 5.41. The molecule has 1 atom stereocenters. The van der Waals surface area contributed by atoms with E-state index >= 15 is 0 Å². The van der Waals surface area contributed by atoms with Crippen molar-refractivity contribution in [2.75, 3.05) is 31.6 Å². The summed E-state index contributed by atoms with van der Waals surface area (Å²) < 4.78 is 16.7. The summed E-state index contributed by atoms with van der Waals surface area (Å²) >= 11 is 0. The lowest BCUT2D eigenvalue weighted by Gasteiger charge is -2.40. The summed E-state index contributed by atoms with van der Waals surface area (Å²) in [6, 6.07) is 3.26. The maximum Gasteiger partial charge on any atom is 0.341 e. The molecule has 1 aliphatic heterocycles. The summed E-state index contributed by atoms with van der Waals surface area (Å²) in [6.07, 6.45) is 3.29. The minimum atomic E-state index is -1.27. The number of likely N-dealkylation sites (N-methyl/N-ethyl adjacent to an activating group) is 1. The number of anilines is 1. The lowest BCUT2D eigenvalue weighted by molar-refractivity contribution is 0.0695. The van der Waals surface area contributed by atoms with E-state index in [2.05, 4.69) is 11.8 Å². The van der Waals surface area contributed by atoms with Crippen LogP contribution in [0.5, 0.6) is 0 Å². The number of rotatable bonds is 3. The van der Waals surface area contributed by atoms with Crippen molar-refractivity contribution in [1.29, 1.82) is 0 Å². The first-order valence-electron chi connectivity index (χ1n) is 8.93. The molecule has 2 aromatic rings. The molecule has 1 saturated heterocycles. The summed E-state index contributed by atoms with van der Waals surface area (Å²) in [5, 5.41) is 9.46. The Morgan fingerprint density at radius 3 is 2.62 bits per heavy atom. The molecule has 0 spiro atoms. The van der Waals surface area contributed by atoms with Gasteiger partial charge in [-0.1, -0.05) is 0 Å². The highest BCUT2D eigenvalue weighted by atomic mass is 19.1. The van der Waals surface area contributed by atoms with Crippen LogP contribution in [-0.4, -0.2) is 53.3 Å². The molecule has 1 aromatic heterocycles. The average molecular weight is 359 g/mol. The molecule has 2 heterocycles. The van der Waals surface area contributed by atoms with E-state index in [0.29, 0.717) is 17.7 Å². The second-order valence-corrected chi connectivity index (χ2v) is 7.44. The molecular weight excluding hydrogens is 337 g/mol. The number of fused-ring (bicyclic) bond motifs is 1. The summed E-state index contributed by atoms with van der Waals surface area (Å²) in [7, 11) is 2.04. The summed E-state index contributed by atoms with van der Waals surface area (Å²) in [4.78, 5) is 28.2. The van der Waals surface area contributed by atoms with Gasteiger partial charge in [0.25, 0.3) is 0 Å². The topological polar surface area (TPSA) is 65.8 Å². The molecule has 0 amide bonds. The molecule has 1 saturated carbocycles. The first-order valence-corrected chi connectivity index (χ1v) is 8.93. The third kappa shape index (κ3) is 2.76. The van der Waals surface area contributed by atoms with Crippen LogP contribution in [0.15, 0.2) is 23.1 Å². The van der Waals surface area contributed by atoms with E-state index in [9.17, 15) is 19.1 Å². The van der Waals surface area contributed by atoms with Crippen molar-refractivity contribution in [3.63, 3.8) is 0 Å². The van der Waals surface area contributed by atoms with Gasteiger partial charge in [-0.2, -0.15) is 0 Å². The Labute approximate surface area is 150 Å². The molecule has 1 aromatic carbocycles. The number of hydrogen-bond acceptors (Lipinski definition) is 4. The van der Waals surface area contributed by atoms with E-state index < -0.39 is 17.2 Å². The number of carbonyl (C=O) groups is 1. The minimum absolute atomic E-state index is 0.139. The van der Waals surface area contributed by atoms with Gasteiger partial charge in [-0.05, 0) is 38.9 Å². The smallest absolute Gasteiger partial charge is 0.341 e. The first kappa shape index (κ1) is 17.0. The maximum absolute atomic E-state index is 14.9. The molecule has 7 heteroatoms. The number of benzene rings is 1. The van der Waals surface area contributed by atoms with Crippen LogP contribution in [0, 0.1) is 5.82 Å². The fraction of sp³-hybridized carbons (Fsp3) is 0.474. The molecule has 138 valence electrons. The Hall–Kier alpha value is -2.41. The Morgan fingerprint density at radius 1 is 1.27 bits per heavy atom. The van der Waals surface area contributed by atoms with Gasteiger partial charge in [0.1, 0.15) is 11.4 Å². The van der Waals surface area contributed by atoms with Gasteiger partial charge in [0.15, 0.2) is 0 Å². The number of carboxylic acids is 1. The monoisotopic (exact) mass is 359 g/mol. The second-order valence-electron chi connectivity index (χ2n) is 7.44. The number of aromatic carboxylic acids is 1. The number of aromatic nitrogens is 1. The van der Waals surface area contributed by atoms with Crippen molar-refractivity contribution in [3.05, 3.63) is 39.9 Å². The summed E-state index contributed by atoms with van der Waals surface area (Å²) in [5.41, 5.74) is 0.172. The zero-order chi connectivity index (χ0) is 18.6. The van der Waals surface area contributed by atoms with Crippen LogP contribution in [0.3, 0.4) is 0 Å². The number of halogens is 1. The first-order chi connectivity index (χ1) is 12.4. The van der Waals surface area contributed by atoms with Gasteiger partial charge in [0.05, 0.1) is 11.2 Å². The van der Waals surface area contributed by atoms with Crippen molar-refractivity contribution < 1.29 is 14.3 Å².